The maximum Gasteiger partial charge on any atom is 0.243 e. The highest BCUT2D eigenvalue weighted by Gasteiger charge is 2.40. The van der Waals surface area contributed by atoms with Crippen molar-refractivity contribution in [2.75, 3.05) is 13.7 Å². The van der Waals surface area contributed by atoms with E-state index in [1.165, 1.54) is 13.2 Å². The van der Waals surface area contributed by atoms with Gasteiger partial charge >= 0.3 is 0 Å². The van der Waals surface area contributed by atoms with Crippen molar-refractivity contribution in [3.05, 3.63) is 71.6 Å². The molecule has 2 atom stereocenters. The number of phenolic OH excluding ortho intramolecular Hbond substituents is 1. The molecule has 0 unspecified atom stereocenters. The second-order valence-corrected chi connectivity index (χ2v) is 11.7. The Balaban J connectivity index is 1.25. The molecule has 1 fully saturated rings. The minimum absolute atomic E-state index is 0.0787. The number of aromatic nitrogens is 3. The van der Waals surface area contributed by atoms with E-state index in [1.807, 2.05) is 17.7 Å². The molecule has 13 nitrogen and oxygen atoms in total. The molecule has 0 spiro atoms. The number of phenols is 1. The fourth-order valence-corrected chi connectivity index (χ4v) is 6.05. The first-order chi connectivity index (χ1) is 22.7. The number of benzene rings is 2. The molecule has 2 aliphatic heterocycles. The van der Waals surface area contributed by atoms with Gasteiger partial charge in [-0.05, 0) is 55.7 Å². The average Bonchev–Trinajstić information content (AvgIpc) is 3.80. The number of carbonyl (C=O) groups is 3. The molecule has 2 aliphatic rings. The summed E-state index contributed by atoms with van der Waals surface area (Å²) in [6.45, 7) is 4.56. The number of amides is 3. The summed E-state index contributed by atoms with van der Waals surface area (Å²) >= 11 is 0. The Morgan fingerprint density at radius 2 is 2.02 bits per heavy atom. The first-order valence-corrected chi connectivity index (χ1v) is 15.7. The Bertz CT molecular complexity index is 1800. The van der Waals surface area contributed by atoms with Gasteiger partial charge in [0.05, 0.1) is 13.7 Å². The van der Waals surface area contributed by atoms with Gasteiger partial charge in [-0.2, -0.15) is 0 Å². The fraction of sp³-hybridized carbons (Fsp3) is 0.382. The molecular formula is C34H38N6O7. The maximum absolute atomic E-state index is 13.6. The van der Waals surface area contributed by atoms with E-state index in [2.05, 4.69) is 20.6 Å². The summed E-state index contributed by atoms with van der Waals surface area (Å²) in [5.41, 5.74) is 1.90. The lowest BCUT2D eigenvalue weighted by Gasteiger charge is -2.24. The Morgan fingerprint density at radius 1 is 1.17 bits per heavy atom. The fourth-order valence-electron chi connectivity index (χ4n) is 6.05. The van der Waals surface area contributed by atoms with E-state index >= 15 is 0 Å². The van der Waals surface area contributed by atoms with E-state index in [0.717, 1.165) is 17.8 Å². The van der Waals surface area contributed by atoms with Crippen LogP contribution in [0.2, 0.25) is 0 Å². The van der Waals surface area contributed by atoms with E-state index in [4.69, 9.17) is 13.9 Å². The first-order valence-electron chi connectivity index (χ1n) is 15.7. The van der Waals surface area contributed by atoms with E-state index in [-0.39, 0.29) is 67.6 Å². The number of nitrogens with zero attached hydrogens (tertiary/aromatic N) is 4. The minimum atomic E-state index is -0.776. The van der Waals surface area contributed by atoms with Gasteiger partial charge in [0.1, 0.15) is 23.3 Å². The second kappa shape index (κ2) is 13.6. The smallest absolute Gasteiger partial charge is 0.243 e. The highest BCUT2D eigenvalue weighted by atomic mass is 16.5. The summed E-state index contributed by atoms with van der Waals surface area (Å²) in [4.78, 5) is 50.6. The molecule has 6 rings (SSSR count). The van der Waals surface area contributed by atoms with Gasteiger partial charge in [0.15, 0.2) is 23.0 Å². The zero-order valence-corrected chi connectivity index (χ0v) is 26.6. The normalized spacial score (nSPS) is 18.1. The number of carbonyl (C=O) groups excluding carboxylic acids is 3. The maximum atomic E-state index is 13.6. The lowest BCUT2D eigenvalue weighted by atomic mass is 10.1. The molecule has 246 valence electrons. The Labute approximate surface area is 271 Å². The van der Waals surface area contributed by atoms with Gasteiger partial charge in [-0.3, -0.25) is 14.4 Å². The predicted octanol–water partition coefficient (Wildman–Crippen LogP) is 3.65. The number of imidazole rings is 1. The number of aryl methyl sites for hydroxylation is 4. The van der Waals surface area contributed by atoms with Crippen molar-refractivity contribution < 1.29 is 33.4 Å². The summed E-state index contributed by atoms with van der Waals surface area (Å²) in [7, 11) is 1.52. The highest BCUT2D eigenvalue weighted by Crippen LogP contribution is 2.39. The molecule has 4 heterocycles. The van der Waals surface area contributed by atoms with Crippen LogP contribution in [0.1, 0.15) is 49.0 Å². The van der Waals surface area contributed by atoms with Crippen molar-refractivity contribution in [1.82, 2.24) is 30.1 Å². The van der Waals surface area contributed by atoms with Gasteiger partial charge in [-0.15, -0.1) is 0 Å². The number of hydrogen-bond acceptors (Lipinski definition) is 9. The largest absolute Gasteiger partial charge is 0.504 e. The Hall–Kier alpha value is -5.33. The van der Waals surface area contributed by atoms with Crippen LogP contribution in [-0.4, -0.2) is 68.0 Å². The van der Waals surface area contributed by atoms with Gasteiger partial charge in [0, 0.05) is 56.4 Å². The molecule has 0 radical (unpaired) electrons. The van der Waals surface area contributed by atoms with E-state index in [0.29, 0.717) is 47.4 Å². The monoisotopic (exact) mass is 642 g/mol. The number of hydrogen-bond donors (Lipinski definition) is 3. The molecule has 3 amide bonds. The molecule has 6 bridgehead atoms. The molecule has 2 aromatic heterocycles. The van der Waals surface area contributed by atoms with Gasteiger partial charge in [0.2, 0.25) is 23.6 Å². The lowest BCUT2D eigenvalue weighted by Crippen LogP contribution is -2.46. The first kappa shape index (κ1) is 31.6. The summed E-state index contributed by atoms with van der Waals surface area (Å²) in [5.74, 6) is 1.92. The van der Waals surface area contributed by atoms with Crippen LogP contribution in [0.4, 0.5) is 0 Å². The molecule has 4 aromatic rings. The van der Waals surface area contributed by atoms with Crippen molar-refractivity contribution in [3.63, 3.8) is 0 Å². The Morgan fingerprint density at radius 3 is 2.83 bits per heavy atom. The standard InChI is InChI=1S/C34H38N6O7/c1-4-30-35-12-14-39(30)13-11-31(42)37-23-17-25-33(44)36-18-24-20(2)46-34(38-24)22-7-9-27(45-3)29(16-22)47-28-15-21(5-8-26(28)41)6-10-32(43)40(25)19-23/h5,7-9,12,14-16,23,25,41H,4,6,10-11,13,17-19H2,1-3H3,(H,36,44)(H,37,42)/t23-,25-/m0/s1. The predicted molar refractivity (Wildman–Crippen MR) is 170 cm³/mol. The molecule has 2 aromatic carbocycles. The van der Waals surface area contributed by atoms with Crippen LogP contribution < -0.4 is 20.1 Å². The van der Waals surface area contributed by atoms with Crippen LogP contribution in [0.15, 0.2) is 53.2 Å². The van der Waals surface area contributed by atoms with Gasteiger partial charge < -0.3 is 39.1 Å². The lowest BCUT2D eigenvalue weighted by molar-refractivity contribution is -0.138. The van der Waals surface area contributed by atoms with E-state index in [9.17, 15) is 19.5 Å². The third-order valence-electron chi connectivity index (χ3n) is 8.59. The summed E-state index contributed by atoms with van der Waals surface area (Å²) in [5, 5.41) is 16.6. The number of fused-ring (bicyclic) bond motifs is 8. The number of nitrogens with one attached hydrogen (secondary N) is 2. The number of methoxy groups -OCH3 is 1. The van der Waals surface area contributed by atoms with Crippen LogP contribution in [0, 0.1) is 6.92 Å². The third-order valence-corrected chi connectivity index (χ3v) is 8.59. The highest BCUT2D eigenvalue weighted by molar-refractivity contribution is 5.89. The Kier molecular flexibility index (Phi) is 9.14. The molecule has 0 aliphatic carbocycles. The number of rotatable bonds is 6. The van der Waals surface area contributed by atoms with Gasteiger partial charge in [0.25, 0.3) is 0 Å². The van der Waals surface area contributed by atoms with Crippen molar-refractivity contribution in [2.24, 2.45) is 0 Å². The van der Waals surface area contributed by atoms with Crippen LogP contribution in [-0.2, 0) is 40.3 Å². The van der Waals surface area contributed by atoms with Crippen LogP contribution in [0.5, 0.6) is 23.0 Å². The third kappa shape index (κ3) is 6.93. The summed E-state index contributed by atoms with van der Waals surface area (Å²) in [6.07, 6.45) is 5.32. The summed E-state index contributed by atoms with van der Waals surface area (Å²) < 4.78 is 19.5. The van der Waals surface area contributed by atoms with Gasteiger partial charge in [-0.1, -0.05) is 13.0 Å². The van der Waals surface area contributed by atoms with E-state index in [1.54, 1.807) is 48.4 Å². The van der Waals surface area contributed by atoms with Crippen LogP contribution in [0.25, 0.3) is 11.5 Å². The van der Waals surface area contributed by atoms with Crippen molar-refractivity contribution >= 4 is 17.7 Å². The second-order valence-electron chi connectivity index (χ2n) is 11.7. The molecule has 0 saturated carbocycles. The zero-order chi connectivity index (χ0) is 33.1. The van der Waals surface area contributed by atoms with Crippen molar-refractivity contribution in [3.8, 4) is 34.5 Å². The number of oxazole rings is 1. The quantitative estimate of drug-likeness (QED) is 0.285. The number of aromatic hydroxyl groups is 1. The average molecular weight is 643 g/mol. The zero-order valence-electron chi connectivity index (χ0n) is 26.6. The molecular weight excluding hydrogens is 604 g/mol. The van der Waals surface area contributed by atoms with E-state index < -0.39 is 6.04 Å². The number of ether oxygens (including phenoxy) is 2. The molecule has 3 N–H and O–H groups in total. The van der Waals surface area contributed by atoms with Gasteiger partial charge in [-0.25, -0.2) is 9.97 Å². The summed E-state index contributed by atoms with van der Waals surface area (Å²) in [6, 6.07) is 8.94. The van der Waals surface area contributed by atoms with Crippen molar-refractivity contribution in [2.45, 2.75) is 71.1 Å². The topological polar surface area (TPSA) is 161 Å². The SMILES string of the molecule is CCc1nccn1CCC(=O)N[C@H]1C[C@H]2C(=O)NCc3nc(oc3C)-c3ccc(OC)c(c3)Oc3cc(ccc3O)CCC(=O)N2C1. The molecule has 1 saturated heterocycles. The molecule has 47 heavy (non-hydrogen) atoms. The molecule has 13 heteroatoms. The van der Waals surface area contributed by atoms with Crippen molar-refractivity contribution in [1.29, 1.82) is 0 Å². The van der Waals surface area contributed by atoms with Crippen LogP contribution in [0.3, 0.4) is 0 Å². The minimum Gasteiger partial charge on any atom is -0.504 e. The van der Waals surface area contributed by atoms with Crippen LogP contribution >= 0.6 is 0 Å².